The van der Waals surface area contributed by atoms with E-state index in [1.807, 2.05) is 0 Å². The van der Waals surface area contributed by atoms with Crippen molar-refractivity contribution in [3.63, 3.8) is 0 Å². The molecule has 4 aromatic rings. The van der Waals surface area contributed by atoms with Crippen molar-refractivity contribution in [1.82, 2.24) is 9.78 Å². The number of alkyl halides is 5. The van der Waals surface area contributed by atoms with E-state index in [1.54, 1.807) is 30.3 Å². The van der Waals surface area contributed by atoms with Crippen LogP contribution < -0.4 is 0 Å². The highest BCUT2D eigenvalue weighted by Gasteiger charge is 2.62. The average molecular weight is 541 g/mol. The van der Waals surface area contributed by atoms with Crippen LogP contribution >= 0.6 is 11.6 Å². The number of rotatable bonds is 6. The highest BCUT2D eigenvalue weighted by atomic mass is 35.5. The molecule has 36 heavy (non-hydrogen) atoms. The van der Waals surface area contributed by atoms with Gasteiger partial charge in [0, 0.05) is 22.4 Å². The van der Waals surface area contributed by atoms with Crippen LogP contribution in [-0.2, 0) is 22.3 Å². The molecule has 0 aliphatic rings. The Labute approximate surface area is 208 Å². The third kappa shape index (κ3) is 5.01. The van der Waals surface area contributed by atoms with Crippen LogP contribution in [0.2, 0.25) is 5.02 Å². The molecule has 1 aromatic heterocycles. The Morgan fingerprint density at radius 3 is 1.92 bits per heavy atom. The average Bonchev–Trinajstić information content (AvgIpc) is 3.18. The maximum Gasteiger partial charge on any atom is 0.459 e. The van der Waals surface area contributed by atoms with Crippen LogP contribution in [0, 0.1) is 0 Å². The topological polar surface area (TPSA) is 52.0 Å². The van der Waals surface area contributed by atoms with Gasteiger partial charge in [0.15, 0.2) is 9.84 Å². The first kappa shape index (κ1) is 25.8. The summed E-state index contributed by atoms with van der Waals surface area (Å²) in [5.41, 5.74) is -1.26. The molecule has 0 bridgehead atoms. The third-order valence-electron chi connectivity index (χ3n) is 5.47. The van der Waals surface area contributed by atoms with Crippen molar-refractivity contribution in [2.75, 3.05) is 6.26 Å². The van der Waals surface area contributed by atoms with Crippen LogP contribution in [0.25, 0.3) is 22.4 Å². The third-order valence-corrected chi connectivity index (χ3v) is 6.85. The Morgan fingerprint density at radius 2 is 1.39 bits per heavy atom. The van der Waals surface area contributed by atoms with Crippen LogP contribution in [-0.4, -0.2) is 30.6 Å². The maximum absolute atomic E-state index is 15.1. The summed E-state index contributed by atoms with van der Waals surface area (Å²) in [6, 6.07) is 18.6. The second-order valence-electron chi connectivity index (χ2n) is 8.09. The molecular weight excluding hydrogens is 523 g/mol. The van der Waals surface area contributed by atoms with E-state index >= 15 is 8.78 Å². The highest BCUT2D eigenvalue weighted by molar-refractivity contribution is 7.90. The van der Waals surface area contributed by atoms with Gasteiger partial charge in [-0.25, -0.2) is 8.42 Å². The van der Waals surface area contributed by atoms with Gasteiger partial charge in [-0.1, -0.05) is 66.2 Å². The largest absolute Gasteiger partial charge is 0.459 e. The Bertz CT molecular complexity index is 1480. The Morgan fingerprint density at radius 1 is 0.833 bits per heavy atom. The maximum atomic E-state index is 15.1. The molecule has 1 heterocycles. The van der Waals surface area contributed by atoms with E-state index in [2.05, 4.69) is 5.10 Å². The lowest BCUT2D eigenvalue weighted by atomic mass is 9.96. The van der Waals surface area contributed by atoms with Gasteiger partial charge in [0.25, 0.3) is 0 Å². The van der Waals surface area contributed by atoms with Crippen LogP contribution in [0.1, 0.15) is 11.3 Å². The quantitative estimate of drug-likeness (QED) is 0.248. The summed E-state index contributed by atoms with van der Waals surface area (Å²) in [6.07, 6.45) is -4.90. The smallest absolute Gasteiger partial charge is 0.257 e. The van der Waals surface area contributed by atoms with Crippen LogP contribution in [0.15, 0.2) is 83.8 Å². The Hall–Kier alpha value is -3.24. The normalized spacial score (nSPS) is 12.6. The minimum absolute atomic E-state index is 0.0381. The summed E-state index contributed by atoms with van der Waals surface area (Å²) in [5, 5.41) is 4.46. The summed E-state index contributed by atoms with van der Waals surface area (Å²) < 4.78 is 95.7. The lowest BCUT2D eigenvalue weighted by molar-refractivity contribution is -0.291. The molecule has 0 N–H and O–H groups in total. The van der Waals surface area contributed by atoms with Gasteiger partial charge < -0.3 is 0 Å². The number of aromatic nitrogens is 2. The fraction of sp³-hybridized carbons (Fsp3) is 0.160. The van der Waals surface area contributed by atoms with Gasteiger partial charge in [0.2, 0.25) is 0 Å². The first-order valence-corrected chi connectivity index (χ1v) is 12.7. The fourth-order valence-electron chi connectivity index (χ4n) is 3.74. The number of hydrogen-bond acceptors (Lipinski definition) is 3. The molecular formula is C25H18ClF5N2O2S. The molecule has 0 aliphatic heterocycles. The Balaban J connectivity index is 2.04. The van der Waals surface area contributed by atoms with Crippen molar-refractivity contribution in [2.45, 2.75) is 23.5 Å². The van der Waals surface area contributed by atoms with Gasteiger partial charge >= 0.3 is 12.1 Å². The van der Waals surface area contributed by atoms with E-state index < -0.39 is 33.2 Å². The number of halogens is 6. The predicted octanol–water partition coefficient (Wildman–Crippen LogP) is 6.98. The van der Waals surface area contributed by atoms with Crippen molar-refractivity contribution in [3.8, 4) is 22.4 Å². The zero-order valence-electron chi connectivity index (χ0n) is 18.6. The molecule has 0 unspecified atom stereocenters. The monoisotopic (exact) mass is 540 g/mol. The van der Waals surface area contributed by atoms with E-state index in [9.17, 15) is 21.6 Å². The molecule has 0 amide bonds. The van der Waals surface area contributed by atoms with E-state index in [0.29, 0.717) is 10.2 Å². The molecule has 0 saturated heterocycles. The molecule has 188 valence electrons. The van der Waals surface area contributed by atoms with Gasteiger partial charge in [-0.05, 0) is 35.4 Å². The molecule has 4 nitrogen and oxygen atoms in total. The standard InChI is InChI=1S/C25H18ClF5N2O2S/c1-36(34,35)20-13-9-18(10-14-20)22-21(17-7-11-19(26)12-8-17)23(24(27,28)25(29,30)31)33(32-22)15-16-5-3-2-4-6-16/h2-14H,15H2,1H3. The van der Waals surface area contributed by atoms with Crippen molar-refractivity contribution in [2.24, 2.45) is 0 Å². The molecule has 0 atom stereocenters. The number of sulfone groups is 1. The number of nitrogens with zero attached hydrogens (tertiary/aromatic N) is 2. The van der Waals surface area contributed by atoms with Gasteiger partial charge in [0.05, 0.1) is 11.4 Å². The predicted molar refractivity (Wildman–Crippen MR) is 127 cm³/mol. The van der Waals surface area contributed by atoms with Crippen LogP contribution in [0.5, 0.6) is 0 Å². The Kier molecular flexibility index (Phi) is 6.70. The molecule has 0 aliphatic carbocycles. The molecule has 4 rings (SSSR count). The molecule has 0 saturated carbocycles. The van der Waals surface area contributed by atoms with Crippen molar-refractivity contribution < 1.29 is 30.4 Å². The molecule has 0 spiro atoms. The highest BCUT2D eigenvalue weighted by Crippen LogP contribution is 2.50. The van der Waals surface area contributed by atoms with Crippen molar-refractivity contribution in [1.29, 1.82) is 0 Å². The van der Waals surface area contributed by atoms with Gasteiger partial charge in [-0.15, -0.1) is 0 Å². The van der Waals surface area contributed by atoms with Gasteiger partial charge in [0.1, 0.15) is 11.4 Å². The number of benzene rings is 3. The van der Waals surface area contributed by atoms with E-state index in [-0.39, 0.29) is 33.3 Å². The van der Waals surface area contributed by atoms with Crippen LogP contribution in [0.3, 0.4) is 0 Å². The second kappa shape index (κ2) is 9.33. The second-order valence-corrected chi connectivity index (χ2v) is 10.5. The van der Waals surface area contributed by atoms with E-state index in [0.717, 1.165) is 6.26 Å². The zero-order valence-corrected chi connectivity index (χ0v) is 20.2. The van der Waals surface area contributed by atoms with E-state index in [1.165, 1.54) is 48.5 Å². The summed E-state index contributed by atoms with van der Waals surface area (Å²) in [4.78, 5) is -0.0381. The molecule has 0 fully saturated rings. The SMILES string of the molecule is CS(=O)(=O)c1ccc(-c2nn(Cc3ccccc3)c(C(F)(F)C(F)(F)F)c2-c2ccc(Cl)cc2)cc1. The first-order valence-electron chi connectivity index (χ1n) is 10.5. The zero-order chi connectivity index (χ0) is 26.3. The molecule has 3 aromatic carbocycles. The van der Waals surface area contributed by atoms with Crippen molar-refractivity contribution >= 4 is 21.4 Å². The van der Waals surface area contributed by atoms with Gasteiger partial charge in [-0.2, -0.15) is 27.1 Å². The summed E-state index contributed by atoms with van der Waals surface area (Å²) in [6.45, 7) is -0.357. The summed E-state index contributed by atoms with van der Waals surface area (Å²) >= 11 is 5.93. The first-order chi connectivity index (χ1) is 16.8. The van der Waals surface area contributed by atoms with Crippen LogP contribution in [0.4, 0.5) is 22.0 Å². The minimum Gasteiger partial charge on any atom is -0.257 e. The number of hydrogen-bond donors (Lipinski definition) is 0. The molecule has 11 heteroatoms. The van der Waals surface area contributed by atoms with E-state index in [4.69, 9.17) is 11.6 Å². The lowest BCUT2D eigenvalue weighted by Gasteiger charge is -2.22. The van der Waals surface area contributed by atoms with Crippen molar-refractivity contribution in [3.05, 3.63) is 95.1 Å². The fourth-order valence-corrected chi connectivity index (χ4v) is 4.49. The van der Waals surface area contributed by atoms with Gasteiger partial charge in [-0.3, -0.25) is 4.68 Å². The minimum atomic E-state index is -5.90. The molecule has 0 radical (unpaired) electrons. The lowest BCUT2D eigenvalue weighted by Crippen LogP contribution is -2.36. The summed E-state index contributed by atoms with van der Waals surface area (Å²) in [7, 11) is -3.56. The summed E-state index contributed by atoms with van der Waals surface area (Å²) in [5.74, 6) is -5.26.